The first-order chi connectivity index (χ1) is 30.7. The van der Waals surface area contributed by atoms with Crippen molar-refractivity contribution in [3.8, 4) is 0 Å². The third-order valence-electron chi connectivity index (χ3n) is 7.91. The van der Waals surface area contributed by atoms with Gasteiger partial charge in [-0.3, -0.25) is 38.4 Å². The van der Waals surface area contributed by atoms with Gasteiger partial charge in [-0.25, -0.2) is 9.78 Å². The van der Waals surface area contributed by atoms with E-state index in [2.05, 4.69) is 0 Å². The lowest BCUT2D eigenvalue weighted by molar-refractivity contribution is -0.525. The molecule has 0 aliphatic rings. The Bertz CT molecular complexity index is 1210. The summed E-state index contributed by atoms with van der Waals surface area (Å²) in [5.74, 6) is -12.2. The molecule has 0 saturated carbocycles. The topological polar surface area (TPSA) is 409 Å². The highest BCUT2D eigenvalue weighted by Gasteiger charge is 2.41. The summed E-state index contributed by atoms with van der Waals surface area (Å²) in [6, 6.07) is 0. The van der Waals surface area contributed by atoms with Gasteiger partial charge >= 0.3 is 47.8 Å². The highest BCUT2D eigenvalue weighted by Crippen LogP contribution is 2.27. The maximum atomic E-state index is 11.3. The van der Waals surface area contributed by atoms with Crippen molar-refractivity contribution in [2.45, 2.75) is 57.2 Å². The normalized spacial score (nSPS) is 11.9. The molecule has 0 aromatic carbocycles. The van der Waals surface area contributed by atoms with Crippen LogP contribution in [-0.4, -0.2) is 213 Å². The monoisotopic (exact) mass is 952 g/mol. The van der Waals surface area contributed by atoms with Crippen LogP contribution in [0, 0.1) is 10.8 Å². The Morgan fingerprint density at radius 2 is 0.477 bits per heavy atom. The largest absolute Gasteiger partial charge is 0.481 e. The van der Waals surface area contributed by atoms with E-state index < -0.39 is 182 Å². The van der Waals surface area contributed by atoms with Crippen molar-refractivity contribution in [3.05, 3.63) is 0 Å². The van der Waals surface area contributed by atoms with Crippen LogP contribution >= 0.6 is 0 Å². The summed E-state index contributed by atoms with van der Waals surface area (Å²) in [6.07, 6.45) is -3.87. The Balaban J connectivity index is 7.00. The van der Waals surface area contributed by atoms with E-state index in [0.29, 0.717) is 0 Å². The van der Waals surface area contributed by atoms with E-state index in [9.17, 15) is 48.6 Å². The predicted molar refractivity (Wildman–Crippen MR) is 206 cm³/mol. The molecule has 0 aliphatic heterocycles. The number of hydrogen-bond donors (Lipinski definition) is 8. The molecule has 0 atom stereocenters. The quantitative estimate of drug-likeness (QED) is 0.0165. The fourth-order valence-corrected chi connectivity index (χ4v) is 4.69. The first-order valence-electron chi connectivity index (χ1n) is 19.7. The van der Waals surface area contributed by atoms with Crippen LogP contribution in [0.25, 0.3) is 0 Å². The smallest absolute Gasteiger partial charge is 0.305 e. The molecule has 28 nitrogen and oxygen atoms in total. The average Bonchev–Trinajstić information content (AvgIpc) is 3.21. The molecule has 0 saturated heterocycles. The second-order valence-corrected chi connectivity index (χ2v) is 14.2. The van der Waals surface area contributed by atoms with E-state index in [0.717, 1.165) is 0 Å². The van der Waals surface area contributed by atoms with Crippen molar-refractivity contribution in [3.63, 3.8) is 0 Å². The average molecular weight is 953 g/mol. The molecule has 0 amide bonds. The minimum atomic E-state index is -2.35. The molecular formula is C37H60O28. The van der Waals surface area contributed by atoms with E-state index >= 15 is 0 Å². The molecule has 376 valence electrons. The van der Waals surface area contributed by atoms with Crippen LogP contribution in [0.15, 0.2) is 0 Å². The number of hydrogen-bond acceptors (Lipinski definition) is 20. The fourth-order valence-electron chi connectivity index (χ4n) is 4.69. The highest BCUT2D eigenvalue weighted by molar-refractivity contribution is 5.68. The van der Waals surface area contributed by atoms with Crippen LogP contribution in [0.4, 0.5) is 0 Å². The lowest BCUT2D eigenvalue weighted by atomic mass is 9.90. The zero-order valence-electron chi connectivity index (χ0n) is 35.6. The molecular weight excluding hydrogens is 892 g/mol. The number of aliphatic carboxylic acids is 8. The van der Waals surface area contributed by atoms with Gasteiger partial charge in [0.2, 0.25) is 0 Å². The maximum Gasteiger partial charge on any atom is 0.305 e. The Hall–Kier alpha value is -4.72. The zero-order chi connectivity index (χ0) is 49.0. The number of carboxylic acid groups (broad SMARTS) is 8. The second-order valence-electron chi connectivity index (χ2n) is 14.2. The Labute approximate surface area is 371 Å². The zero-order valence-corrected chi connectivity index (χ0v) is 35.6. The van der Waals surface area contributed by atoms with Crippen LogP contribution in [0.3, 0.4) is 0 Å². The first kappa shape index (κ1) is 60.3. The van der Waals surface area contributed by atoms with Crippen molar-refractivity contribution >= 4 is 47.8 Å². The van der Waals surface area contributed by atoms with Crippen molar-refractivity contribution in [2.75, 3.05) is 119 Å². The molecule has 0 unspecified atom stereocenters. The lowest BCUT2D eigenvalue weighted by Crippen LogP contribution is -2.49. The number of ether oxygens (including phenoxy) is 8. The molecule has 0 aliphatic carbocycles. The molecule has 65 heavy (non-hydrogen) atoms. The summed E-state index contributed by atoms with van der Waals surface area (Å²) in [6.45, 7) is -8.28. The van der Waals surface area contributed by atoms with Crippen LogP contribution in [0.5, 0.6) is 0 Å². The van der Waals surface area contributed by atoms with Gasteiger partial charge < -0.3 is 78.7 Å². The van der Waals surface area contributed by atoms with Gasteiger partial charge in [-0.15, -0.1) is 0 Å². The Morgan fingerprint density at radius 3 is 0.754 bits per heavy atom. The van der Waals surface area contributed by atoms with Gasteiger partial charge in [0, 0.05) is 0 Å². The maximum absolute atomic E-state index is 11.3. The van der Waals surface area contributed by atoms with E-state index in [1.165, 1.54) is 0 Å². The Kier molecular flexibility index (Phi) is 32.9. The summed E-state index contributed by atoms with van der Waals surface area (Å²) < 4.78 is 45.1. The van der Waals surface area contributed by atoms with Crippen molar-refractivity contribution < 1.29 is 137 Å². The van der Waals surface area contributed by atoms with E-state index in [4.69, 9.17) is 88.1 Å². The van der Waals surface area contributed by atoms with E-state index in [-0.39, 0.29) is 52.9 Å². The molecule has 0 bridgehead atoms. The number of rotatable bonds is 48. The molecule has 0 radical (unpaired) electrons. The molecule has 0 aromatic rings. The molecule has 0 aromatic heterocycles. The molecule has 0 rings (SSSR count). The summed E-state index contributed by atoms with van der Waals surface area (Å²) in [7, 11) is 0. The summed E-state index contributed by atoms with van der Waals surface area (Å²) in [5, 5.41) is 73.1. The van der Waals surface area contributed by atoms with E-state index in [1.54, 1.807) is 0 Å². The fraction of sp³-hybridized carbons (Fsp3) is 0.784. The minimum absolute atomic E-state index is 0.310. The van der Waals surface area contributed by atoms with Gasteiger partial charge in [-0.2, -0.15) is 9.78 Å². The second kappa shape index (κ2) is 35.5. The SMILES string of the molecule is O=C(O)CCOCC(COCCC(=O)O)(COCCC(=O)O)COCC(COCCC(=O)O)(COCCC(=O)O)COOC(COCCC(=O)O)(COCCC(=O)O)OOCCC(=O)O. The molecule has 28 heteroatoms. The van der Waals surface area contributed by atoms with Gasteiger partial charge in [0.15, 0.2) is 0 Å². The van der Waals surface area contributed by atoms with Gasteiger partial charge in [0.1, 0.15) is 13.2 Å². The lowest BCUT2D eigenvalue weighted by Gasteiger charge is -2.37. The summed E-state index contributed by atoms with van der Waals surface area (Å²) in [4.78, 5) is 111. The number of carbonyl (C=O) groups is 8. The summed E-state index contributed by atoms with van der Waals surface area (Å²) in [5.41, 5.74) is -3.02. The third kappa shape index (κ3) is 34.3. The van der Waals surface area contributed by atoms with Gasteiger partial charge in [-0.05, 0) is 0 Å². The third-order valence-corrected chi connectivity index (χ3v) is 7.91. The van der Waals surface area contributed by atoms with Gasteiger partial charge in [-0.1, -0.05) is 0 Å². The predicted octanol–water partition coefficient (Wildman–Crippen LogP) is -0.518. The van der Waals surface area contributed by atoms with Crippen LogP contribution in [0.2, 0.25) is 0 Å². The molecule has 0 spiro atoms. The van der Waals surface area contributed by atoms with Crippen LogP contribution in [0.1, 0.15) is 51.4 Å². The molecule has 8 N–H and O–H groups in total. The van der Waals surface area contributed by atoms with E-state index in [1.807, 2.05) is 0 Å². The van der Waals surface area contributed by atoms with Gasteiger partial charge in [0.05, 0.1) is 168 Å². The van der Waals surface area contributed by atoms with Crippen LogP contribution < -0.4 is 0 Å². The molecule has 0 heterocycles. The van der Waals surface area contributed by atoms with Crippen molar-refractivity contribution in [2.24, 2.45) is 10.8 Å². The highest BCUT2D eigenvalue weighted by atomic mass is 17.3. The Morgan fingerprint density at radius 1 is 0.262 bits per heavy atom. The van der Waals surface area contributed by atoms with Crippen LogP contribution in [-0.2, 0) is 95.8 Å². The standard InChI is InChI=1S/C37H60O28/c38-27(39)1-9-54-17-35(18-55-10-2-28(40)41,19-56-11-3-29(42)43)22-61-23-36(20-57-12-4-30(44)45,21-58-13-5-31(46)47)24-63-65-37(25-59-14-6-32(48)49,26-60-15-7-33(50)51)64-62-16-8-34(52)53/h1-26H2,(H,38,39)(H,40,41)(H,42,43)(H,44,45)(H,46,47)(H,48,49)(H,50,51)(H,52,53). The molecule has 0 fully saturated rings. The number of carboxylic acids is 8. The van der Waals surface area contributed by atoms with Crippen molar-refractivity contribution in [1.29, 1.82) is 0 Å². The van der Waals surface area contributed by atoms with Crippen molar-refractivity contribution in [1.82, 2.24) is 0 Å². The minimum Gasteiger partial charge on any atom is -0.481 e. The van der Waals surface area contributed by atoms with Gasteiger partial charge in [0.25, 0.3) is 5.79 Å². The summed E-state index contributed by atoms with van der Waals surface area (Å²) >= 11 is 0. The first-order valence-corrected chi connectivity index (χ1v) is 19.7.